The molecule has 0 bridgehead atoms. The maximum absolute atomic E-state index is 11.9. The van der Waals surface area contributed by atoms with Gasteiger partial charge in [0.15, 0.2) is 0 Å². The van der Waals surface area contributed by atoms with E-state index in [4.69, 9.17) is 5.73 Å². The number of urea groups is 1. The van der Waals surface area contributed by atoms with Crippen LogP contribution < -0.4 is 16.4 Å². The Morgan fingerprint density at radius 3 is 2.44 bits per heavy atom. The summed E-state index contributed by atoms with van der Waals surface area (Å²) in [6, 6.07) is 7.74. The lowest BCUT2D eigenvalue weighted by atomic mass is 9.96. The topological polar surface area (TPSA) is 87.5 Å². The van der Waals surface area contributed by atoms with Gasteiger partial charge in [0.05, 0.1) is 0 Å². The molecule has 0 aliphatic carbocycles. The van der Waals surface area contributed by atoms with Crippen molar-refractivity contribution >= 4 is 17.6 Å². The van der Waals surface area contributed by atoms with Gasteiger partial charge >= 0.3 is 6.03 Å². The van der Waals surface area contributed by atoms with Gasteiger partial charge in [-0.15, -0.1) is 0 Å². The molecule has 2 rings (SSSR count). The maximum atomic E-state index is 11.9. The van der Waals surface area contributed by atoms with Crippen molar-refractivity contribution in [3.8, 4) is 0 Å². The third-order valence-electron chi connectivity index (χ3n) is 4.80. The van der Waals surface area contributed by atoms with Gasteiger partial charge in [-0.2, -0.15) is 0 Å². The summed E-state index contributed by atoms with van der Waals surface area (Å²) in [5.41, 5.74) is 7.41. The monoisotopic (exact) mass is 346 g/mol. The summed E-state index contributed by atoms with van der Waals surface area (Å²) in [7, 11) is 0. The Morgan fingerprint density at radius 2 is 1.84 bits per heavy atom. The summed E-state index contributed by atoms with van der Waals surface area (Å²) in [4.78, 5) is 25.4. The fourth-order valence-electron chi connectivity index (χ4n) is 3.10. The summed E-state index contributed by atoms with van der Waals surface area (Å²) < 4.78 is 0. The molecule has 0 spiro atoms. The number of aryl methyl sites for hydroxylation is 1. The van der Waals surface area contributed by atoms with Crippen molar-refractivity contribution in [2.75, 3.05) is 31.5 Å². The Morgan fingerprint density at radius 1 is 1.16 bits per heavy atom. The molecule has 1 aliphatic rings. The molecule has 6 nitrogen and oxygen atoms in total. The molecule has 0 aromatic heterocycles. The van der Waals surface area contributed by atoms with Crippen molar-refractivity contribution in [3.05, 3.63) is 29.8 Å². The number of amides is 3. The quantitative estimate of drug-likeness (QED) is 0.631. The molecular weight excluding hydrogens is 316 g/mol. The van der Waals surface area contributed by atoms with E-state index in [1.165, 1.54) is 5.56 Å². The Balaban J connectivity index is 1.54. The molecule has 1 aromatic carbocycles. The van der Waals surface area contributed by atoms with E-state index in [0.717, 1.165) is 57.4 Å². The van der Waals surface area contributed by atoms with Crippen LogP contribution in [-0.4, -0.2) is 43.0 Å². The summed E-state index contributed by atoms with van der Waals surface area (Å²) >= 11 is 0. The number of hydrogen-bond acceptors (Lipinski definition) is 3. The number of likely N-dealkylation sites (tertiary alicyclic amines) is 1. The average Bonchev–Trinajstić information content (AvgIpc) is 2.62. The first-order valence-electron chi connectivity index (χ1n) is 9.24. The first kappa shape index (κ1) is 19.2. The second kappa shape index (κ2) is 10.0. The van der Waals surface area contributed by atoms with Crippen LogP contribution in [-0.2, 0) is 11.2 Å². The summed E-state index contributed by atoms with van der Waals surface area (Å²) in [5.74, 6) is -0.118. The number of anilines is 1. The number of rotatable bonds is 8. The van der Waals surface area contributed by atoms with Crippen LogP contribution in [0.3, 0.4) is 0 Å². The summed E-state index contributed by atoms with van der Waals surface area (Å²) in [5, 5.41) is 5.73. The number of nitrogens with one attached hydrogen (secondary N) is 2. The minimum absolute atomic E-state index is 0.0491. The maximum Gasteiger partial charge on any atom is 0.319 e. The highest BCUT2D eigenvalue weighted by molar-refractivity contribution is 5.89. The van der Waals surface area contributed by atoms with Crippen molar-refractivity contribution in [1.82, 2.24) is 10.2 Å². The zero-order valence-electron chi connectivity index (χ0n) is 15.1. The highest BCUT2D eigenvalue weighted by Crippen LogP contribution is 2.16. The lowest BCUT2D eigenvalue weighted by Gasteiger charge is -2.30. The normalized spacial score (nSPS) is 15.7. The number of carbonyl (C=O) groups excluding carboxylic acids is 2. The summed E-state index contributed by atoms with van der Waals surface area (Å²) in [6.45, 7) is 5.66. The van der Waals surface area contributed by atoms with Gasteiger partial charge in [0.1, 0.15) is 0 Å². The number of hydrogen-bond donors (Lipinski definition) is 3. The van der Waals surface area contributed by atoms with E-state index in [9.17, 15) is 9.59 Å². The van der Waals surface area contributed by atoms with E-state index in [0.29, 0.717) is 6.54 Å². The number of unbranched alkanes of at least 4 members (excludes halogenated alkanes) is 1. The Bertz CT molecular complexity index is 551. The highest BCUT2D eigenvalue weighted by Gasteiger charge is 2.22. The van der Waals surface area contributed by atoms with E-state index >= 15 is 0 Å². The standard InChI is InChI=1S/C19H30N4O2/c1-2-15-5-7-17(8-6-15)22-19(25)21-11-3-4-12-23-13-9-16(10-14-23)18(20)24/h5-8,16H,2-4,9-14H2,1H3,(H2,20,24)(H2,21,22,25). The van der Waals surface area contributed by atoms with Gasteiger partial charge in [-0.25, -0.2) is 4.79 Å². The minimum atomic E-state index is -0.167. The third kappa shape index (κ3) is 6.74. The molecule has 6 heteroatoms. The van der Waals surface area contributed by atoms with Crippen LogP contribution in [0.1, 0.15) is 38.2 Å². The fourth-order valence-corrected chi connectivity index (χ4v) is 3.10. The Labute approximate surface area is 150 Å². The van der Waals surface area contributed by atoms with Crippen LogP contribution in [0.4, 0.5) is 10.5 Å². The fraction of sp³-hybridized carbons (Fsp3) is 0.579. The lowest BCUT2D eigenvalue weighted by Crippen LogP contribution is -2.39. The molecule has 4 N–H and O–H groups in total. The zero-order chi connectivity index (χ0) is 18.1. The molecule has 3 amide bonds. The van der Waals surface area contributed by atoms with Gasteiger partial charge in [-0.05, 0) is 69.4 Å². The minimum Gasteiger partial charge on any atom is -0.369 e. The number of primary amides is 1. The van der Waals surface area contributed by atoms with Crippen LogP contribution in [0, 0.1) is 5.92 Å². The van der Waals surface area contributed by atoms with Crippen molar-refractivity contribution in [1.29, 1.82) is 0 Å². The zero-order valence-corrected chi connectivity index (χ0v) is 15.1. The predicted octanol–water partition coefficient (Wildman–Crippen LogP) is 2.35. The van der Waals surface area contributed by atoms with Gasteiger partial charge in [0.25, 0.3) is 0 Å². The predicted molar refractivity (Wildman–Crippen MR) is 100 cm³/mol. The van der Waals surface area contributed by atoms with Crippen molar-refractivity contribution in [3.63, 3.8) is 0 Å². The molecule has 1 aliphatic heterocycles. The first-order valence-corrected chi connectivity index (χ1v) is 9.24. The van der Waals surface area contributed by atoms with Gasteiger partial charge in [0, 0.05) is 18.2 Å². The highest BCUT2D eigenvalue weighted by atomic mass is 16.2. The lowest BCUT2D eigenvalue weighted by molar-refractivity contribution is -0.123. The SMILES string of the molecule is CCc1ccc(NC(=O)NCCCCN2CCC(C(N)=O)CC2)cc1. The van der Waals surface area contributed by atoms with Crippen LogP contribution in [0.15, 0.2) is 24.3 Å². The Kier molecular flexibility index (Phi) is 7.73. The van der Waals surface area contributed by atoms with Gasteiger partial charge in [-0.3, -0.25) is 4.79 Å². The smallest absolute Gasteiger partial charge is 0.319 e. The van der Waals surface area contributed by atoms with Crippen molar-refractivity contribution in [2.24, 2.45) is 11.7 Å². The molecule has 25 heavy (non-hydrogen) atoms. The largest absolute Gasteiger partial charge is 0.369 e. The molecule has 0 saturated carbocycles. The van der Waals surface area contributed by atoms with E-state index < -0.39 is 0 Å². The van der Waals surface area contributed by atoms with Crippen LogP contribution in [0.2, 0.25) is 0 Å². The molecule has 1 heterocycles. The van der Waals surface area contributed by atoms with Crippen LogP contribution in [0.25, 0.3) is 0 Å². The van der Waals surface area contributed by atoms with Crippen LogP contribution in [0.5, 0.6) is 0 Å². The first-order chi connectivity index (χ1) is 12.1. The van der Waals surface area contributed by atoms with Gasteiger partial charge in [-0.1, -0.05) is 19.1 Å². The molecular formula is C19H30N4O2. The molecule has 1 fully saturated rings. The van der Waals surface area contributed by atoms with E-state index in [-0.39, 0.29) is 17.9 Å². The molecule has 1 saturated heterocycles. The van der Waals surface area contributed by atoms with E-state index in [2.05, 4.69) is 22.5 Å². The molecule has 0 radical (unpaired) electrons. The molecule has 0 unspecified atom stereocenters. The number of carbonyl (C=O) groups is 2. The second-order valence-corrected chi connectivity index (χ2v) is 6.66. The van der Waals surface area contributed by atoms with E-state index in [1.807, 2.05) is 24.3 Å². The number of benzene rings is 1. The average molecular weight is 346 g/mol. The second-order valence-electron chi connectivity index (χ2n) is 6.66. The number of piperidine rings is 1. The van der Waals surface area contributed by atoms with Gasteiger partial charge in [0.2, 0.25) is 5.91 Å². The molecule has 138 valence electrons. The molecule has 0 atom stereocenters. The Hall–Kier alpha value is -2.08. The van der Waals surface area contributed by atoms with E-state index in [1.54, 1.807) is 0 Å². The number of nitrogens with zero attached hydrogens (tertiary/aromatic N) is 1. The molecule has 1 aromatic rings. The van der Waals surface area contributed by atoms with Crippen LogP contribution >= 0.6 is 0 Å². The van der Waals surface area contributed by atoms with Crippen molar-refractivity contribution < 1.29 is 9.59 Å². The number of nitrogens with two attached hydrogens (primary N) is 1. The van der Waals surface area contributed by atoms with Gasteiger partial charge < -0.3 is 21.3 Å². The summed E-state index contributed by atoms with van der Waals surface area (Å²) in [6.07, 6.45) is 4.71. The van der Waals surface area contributed by atoms with Crippen molar-refractivity contribution in [2.45, 2.75) is 39.0 Å². The third-order valence-corrected chi connectivity index (χ3v) is 4.80.